The van der Waals surface area contributed by atoms with E-state index in [9.17, 15) is 0 Å². The molecule has 0 aliphatic carbocycles. The summed E-state index contributed by atoms with van der Waals surface area (Å²) in [4.78, 5) is 0. The van der Waals surface area contributed by atoms with E-state index in [1.807, 2.05) is 44.3 Å². The van der Waals surface area contributed by atoms with Gasteiger partial charge in [0, 0.05) is 62.7 Å². The highest BCUT2D eigenvalue weighted by atomic mass is 31.2. The van der Waals surface area contributed by atoms with Crippen LogP contribution < -0.4 is 0 Å². The molecule has 6 nitrogen and oxygen atoms in total. The highest BCUT2D eigenvalue weighted by molar-refractivity contribution is 7.46. The van der Waals surface area contributed by atoms with Crippen molar-refractivity contribution in [2.45, 2.75) is 0 Å². The summed E-state index contributed by atoms with van der Waals surface area (Å²) in [5.41, 5.74) is 5.10. The van der Waals surface area contributed by atoms with E-state index in [4.69, 9.17) is 27.1 Å². The van der Waals surface area contributed by atoms with E-state index in [-0.39, 0.29) is 0 Å². The molecule has 42 heavy (non-hydrogen) atoms. The maximum Gasteiger partial charge on any atom is 0.166 e. The lowest BCUT2D eigenvalue weighted by Gasteiger charge is -2.01. The highest BCUT2D eigenvalue weighted by Gasteiger charge is 1.93. The summed E-state index contributed by atoms with van der Waals surface area (Å²) < 4.78 is 28.5. The summed E-state index contributed by atoms with van der Waals surface area (Å²) in [6.07, 6.45) is 0. The van der Waals surface area contributed by atoms with Gasteiger partial charge in [-0.1, -0.05) is 121 Å². The molecule has 0 atom stereocenters. The van der Waals surface area contributed by atoms with Gasteiger partial charge in [0.2, 0.25) is 0 Å². The topological polar surface area (TPSA) is 55.4 Å². The summed E-state index contributed by atoms with van der Waals surface area (Å²) in [5.74, 6) is 0. The van der Waals surface area contributed by atoms with E-state index in [1.54, 1.807) is 42.7 Å². The molecule has 0 aliphatic rings. The van der Waals surface area contributed by atoms with Crippen molar-refractivity contribution in [2.24, 2.45) is 0 Å². The van der Waals surface area contributed by atoms with Crippen molar-refractivity contribution in [2.75, 3.05) is 62.7 Å². The van der Waals surface area contributed by atoms with Gasteiger partial charge in [0.1, 0.15) is 0 Å². The fourth-order valence-corrected chi connectivity index (χ4v) is 3.19. The molecule has 0 spiro atoms. The Morgan fingerprint density at radius 3 is 0.524 bits per heavy atom. The minimum absolute atomic E-state index is 0.576. The Balaban J connectivity index is 0.000000526. The Morgan fingerprint density at radius 1 is 0.286 bits per heavy atom. The highest BCUT2D eigenvalue weighted by Crippen LogP contribution is 2.30. The van der Waals surface area contributed by atoms with Gasteiger partial charge in [-0.15, -0.1) is 0 Å². The van der Waals surface area contributed by atoms with Gasteiger partial charge in [-0.3, -0.25) is 0 Å². The van der Waals surface area contributed by atoms with Crippen LogP contribution in [0.3, 0.4) is 0 Å². The third-order valence-corrected chi connectivity index (χ3v) is 8.39. The zero-order valence-electron chi connectivity index (χ0n) is 26.3. The first kappa shape index (κ1) is 39.9. The predicted molar refractivity (Wildman–Crippen MR) is 184 cm³/mol. The standard InChI is InChI=1S/2C12H10.3C3H9O2P/c2*1-3-7-11(8-4-1)12-9-5-2-6-10-12;3*1-4-6(3)5-2/h2*1-10H;3*1-3H3. The van der Waals surface area contributed by atoms with Gasteiger partial charge in [-0.05, 0) is 22.3 Å². The van der Waals surface area contributed by atoms with Crippen LogP contribution in [-0.2, 0) is 27.1 Å². The molecule has 0 amide bonds. The first-order valence-electron chi connectivity index (χ1n) is 13.0. The minimum atomic E-state index is -0.576. The molecule has 0 bridgehead atoms. The van der Waals surface area contributed by atoms with Crippen molar-refractivity contribution < 1.29 is 27.1 Å². The van der Waals surface area contributed by atoms with Crippen LogP contribution in [0.5, 0.6) is 0 Å². The van der Waals surface area contributed by atoms with E-state index in [0.717, 1.165) is 0 Å². The van der Waals surface area contributed by atoms with Crippen LogP contribution in [-0.4, -0.2) is 62.7 Å². The Hall–Kier alpha value is -2.07. The second-order valence-corrected chi connectivity index (χ2v) is 12.7. The van der Waals surface area contributed by atoms with E-state index in [0.29, 0.717) is 0 Å². The van der Waals surface area contributed by atoms with Gasteiger partial charge >= 0.3 is 0 Å². The molecule has 230 valence electrons. The molecule has 4 aromatic carbocycles. The molecule has 9 heteroatoms. The van der Waals surface area contributed by atoms with Crippen LogP contribution in [0.25, 0.3) is 22.3 Å². The Bertz CT molecular complexity index is 908. The maximum absolute atomic E-state index is 4.74. The average Bonchev–Trinajstić information content (AvgIpc) is 3.09. The zero-order valence-corrected chi connectivity index (χ0v) is 29.0. The van der Waals surface area contributed by atoms with Crippen molar-refractivity contribution in [1.29, 1.82) is 0 Å². The summed E-state index contributed by atoms with van der Waals surface area (Å²) in [6.45, 7) is 5.69. The molecule has 4 aromatic rings. The van der Waals surface area contributed by atoms with Crippen LogP contribution in [0, 0.1) is 0 Å². The largest absolute Gasteiger partial charge is 0.338 e. The monoisotopic (exact) mass is 632 g/mol. The van der Waals surface area contributed by atoms with Crippen molar-refractivity contribution in [1.82, 2.24) is 0 Å². The SMILES string of the molecule is COP(C)OC.COP(C)OC.COP(C)OC.c1ccc(-c2ccccc2)cc1.c1ccc(-c2ccccc2)cc1. The first-order valence-corrected chi connectivity index (χ1v) is 17.9. The summed E-state index contributed by atoms with van der Waals surface area (Å²) in [7, 11) is 8.08. The normalized spacial score (nSPS) is 9.81. The summed E-state index contributed by atoms with van der Waals surface area (Å²) in [5, 5.41) is 0. The molecule has 0 N–H and O–H groups in total. The lowest BCUT2D eigenvalue weighted by atomic mass is 10.1. The quantitative estimate of drug-likeness (QED) is 0.180. The first-order chi connectivity index (χ1) is 20.4. The second kappa shape index (κ2) is 27.7. The second-order valence-electron chi connectivity index (χ2n) is 7.88. The van der Waals surface area contributed by atoms with Crippen molar-refractivity contribution >= 4 is 25.1 Å². The zero-order chi connectivity index (χ0) is 31.4. The summed E-state index contributed by atoms with van der Waals surface area (Å²) in [6, 6.07) is 41.6. The molecule has 0 aromatic heterocycles. The number of rotatable bonds is 8. The molecule has 0 radical (unpaired) electrons. The molecule has 0 saturated carbocycles. The molecule has 0 unspecified atom stereocenters. The summed E-state index contributed by atoms with van der Waals surface area (Å²) >= 11 is 0. The van der Waals surface area contributed by atoms with Crippen molar-refractivity contribution in [3.8, 4) is 22.3 Å². The molecule has 4 rings (SSSR count). The fourth-order valence-electron chi connectivity index (χ4n) is 2.75. The van der Waals surface area contributed by atoms with Crippen molar-refractivity contribution in [3.05, 3.63) is 121 Å². The van der Waals surface area contributed by atoms with Crippen LogP contribution in [0.4, 0.5) is 0 Å². The lowest BCUT2D eigenvalue weighted by molar-refractivity contribution is 0.345. The molecular formula is C33H47O6P3. The Kier molecular flexibility index (Phi) is 26.4. The number of hydrogen-bond acceptors (Lipinski definition) is 6. The average molecular weight is 633 g/mol. The third kappa shape index (κ3) is 20.8. The number of hydrogen-bond donors (Lipinski definition) is 0. The third-order valence-electron chi connectivity index (χ3n) is 5.30. The van der Waals surface area contributed by atoms with Crippen LogP contribution in [0.1, 0.15) is 0 Å². The van der Waals surface area contributed by atoms with E-state index in [1.165, 1.54) is 22.3 Å². The van der Waals surface area contributed by atoms with Crippen LogP contribution in [0.2, 0.25) is 0 Å². The molecule has 0 fully saturated rings. The van der Waals surface area contributed by atoms with Gasteiger partial charge in [-0.25, -0.2) is 0 Å². The molecule has 0 aliphatic heterocycles. The maximum atomic E-state index is 4.74. The van der Waals surface area contributed by atoms with Gasteiger partial charge < -0.3 is 27.1 Å². The van der Waals surface area contributed by atoms with Crippen molar-refractivity contribution in [3.63, 3.8) is 0 Å². The smallest absolute Gasteiger partial charge is 0.166 e. The Labute approximate surface area is 258 Å². The van der Waals surface area contributed by atoms with Gasteiger partial charge in [-0.2, -0.15) is 0 Å². The minimum Gasteiger partial charge on any atom is -0.338 e. The van der Waals surface area contributed by atoms with E-state index >= 15 is 0 Å². The fraction of sp³-hybridized carbons (Fsp3) is 0.273. The molecule has 0 heterocycles. The molecular weight excluding hydrogens is 585 g/mol. The number of benzene rings is 4. The van der Waals surface area contributed by atoms with Gasteiger partial charge in [0.15, 0.2) is 25.1 Å². The molecule has 0 saturated heterocycles. The predicted octanol–water partition coefficient (Wildman–Crippen LogP) is 10.4. The van der Waals surface area contributed by atoms with Gasteiger partial charge in [0.25, 0.3) is 0 Å². The van der Waals surface area contributed by atoms with E-state index in [2.05, 4.69) is 97.1 Å². The Morgan fingerprint density at radius 2 is 0.429 bits per heavy atom. The van der Waals surface area contributed by atoms with E-state index < -0.39 is 25.1 Å². The lowest BCUT2D eigenvalue weighted by Crippen LogP contribution is -1.74. The van der Waals surface area contributed by atoms with Gasteiger partial charge in [0.05, 0.1) is 0 Å². The van der Waals surface area contributed by atoms with Crippen LogP contribution in [0.15, 0.2) is 121 Å². The van der Waals surface area contributed by atoms with Crippen LogP contribution >= 0.6 is 25.1 Å².